The van der Waals surface area contributed by atoms with E-state index in [0.717, 1.165) is 30.3 Å². The van der Waals surface area contributed by atoms with Crippen molar-refractivity contribution in [2.24, 2.45) is 0 Å². The molecule has 3 heterocycles. The van der Waals surface area contributed by atoms with Gasteiger partial charge in [-0.2, -0.15) is 0 Å². The van der Waals surface area contributed by atoms with E-state index in [1.165, 1.54) is 0 Å². The number of piperazine rings is 2. The Hall–Kier alpha value is -3.83. The Bertz CT molecular complexity index is 1280. The van der Waals surface area contributed by atoms with Crippen molar-refractivity contribution in [3.8, 4) is 0 Å². The number of rotatable bonds is 5. The van der Waals surface area contributed by atoms with Crippen LogP contribution in [0.2, 0.25) is 0 Å². The second-order valence-electron chi connectivity index (χ2n) is 9.06. The van der Waals surface area contributed by atoms with Gasteiger partial charge in [0.1, 0.15) is 4.88 Å². The first-order valence-electron chi connectivity index (χ1n) is 12.3. The maximum absolute atomic E-state index is 13.2. The minimum Gasteiger partial charge on any atom is -0.366 e. The van der Waals surface area contributed by atoms with E-state index in [-0.39, 0.29) is 17.7 Å². The SMILES string of the molecule is Cc1nnsc1C(=O)N1CCN(c2ccc(C(=O)N3CCNCC3)cc2NC(=O)c2ccccc2)CC1. The van der Waals surface area contributed by atoms with Crippen molar-refractivity contribution in [2.75, 3.05) is 62.6 Å². The van der Waals surface area contributed by atoms with Crippen molar-refractivity contribution in [1.29, 1.82) is 0 Å². The van der Waals surface area contributed by atoms with Gasteiger partial charge in [0.25, 0.3) is 17.7 Å². The van der Waals surface area contributed by atoms with Gasteiger partial charge in [0.05, 0.1) is 17.1 Å². The van der Waals surface area contributed by atoms with Gasteiger partial charge in [0.15, 0.2) is 0 Å². The third kappa shape index (κ3) is 5.47. The molecule has 0 unspecified atom stereocenters. The maximum atomic E-state index is 13.2. The number of anilines is 2. The minimum absolute atomic E-state index is 0.0489. The molecule has 3 amide bonds. The highest BCUT2D eigenvalue weighted by Gasteiger charge is 2.27. The molecule has 1 aromatic heterocycles. The molecule has 2 N–H and O–H groups in total. The number of nitrogens with zero attached hydrogens (tertiary/aromatic N) is 5. The molecule has 10 nitrogen and oxygen atoms in total. The topological polar surface area (TPSA) is 111 Å². The molecule has 192 valence electrons. The van der Waals surface area contributed by atoms with Crippen LogP contribution in [0, 0.1) is 6.92 Å². The molecule has 0 spiro atoms. The zero-order valence-corrected chi connectivity index (χ0v) is 21.5. The second-order valence-corrected chi connectivity index (χ2v) is 9.82. The standard InChI is InChI=1S/C26H29N7O3S/c1-18-23(37-30-29-18)26(36)33-15-13-31(14-16-33)22-8-7-20(25(35)32-11-9-27-10-12-32)17-21(22)28-24(34)19-5-3-2-4-6-19/h2-8,17,27H,9-16H2,1H3,(H,28,34). The molecule has 37 heavy (non-hydrogen) atoms. The first kappa shape index (κ1) is 24.8. The molecule has 0 aliphatic carbocycles. The van der Waals surface area contributed by atoms with E-state index >= 15 is 0 Å². The van der Waals surface area contributed by atoms with Gasteiger partial charge in [-0.15, -0.1) is 5.10 Å². The van der Waals surface area contributed by atoms with Crippen LogP contribution in [0.25, 0.3) is 0 Å². The molecule has 5 rings (SSSR count). The average Bonchev–Trinajstić information content (AvgIpc) is 3.39. The lowest BCUT2D eigenvalue weighted by molar-refractivity contribution is 0.0732. The van der Waals surface area contributed by atoms with Crippen LogP contribution in [0.5, 0.6) is 0 Å². The Balaban J connectivity index is 1.37. The number of benzene rings is 2. The smallest absolute Gasteiger partial charge is 0.267 e. The molecule has 0 atom stereocenters. The summed E-state index contributed by atoms with van der Waals surface area (Å²) in [5, 5.41) is 10.2. The van der Waals surface area contributed by atoms with Gasteiger partial charge in [0.2, 0.25) is 0 Å². The molecular formula is C26H29N7O3S. The Labute approximate surface area is 219 Å². The number of hydrogen-bond donors (Lipinski definition) is 2. The van der Waals surface area contributed by atoms with Crippen LogP contribution in [0.3, 0.4) is 0 Å². The summed E-state index contributed by atoms with van der Waals surface area (Å²) < 4.78 is 3.88. The molecule has 0 bridgehead atoms. The normalized spacial score (nSPS) is 16.0. The van der Waals surface area contributed by atoms with Crippen molar-refractivity contribution < 1.29 is 14.4 Å². The van der Waals surface area contributed by atoms with Crippen LogP contribution >= 0.6 is 11.5 Å². The van der Waals surface area contributed by atoms with Crippen molar-refractivity contribution in [3.05, 3.63) is 70.2 Å². The largest absolute Gasteiger partial charge is 0.366 e. The summed E-state index contributed by atoms with van der Waals surface area (Å²) in [6.45, 7) is 6.87. The third-order valence-electron chi connectivity index (χ3n) is 6.69. The summed E-state index contributed by atoms with van der Waals surface area (Å²) in [5.41, 5.74) is 3.13. The first-order chi connectivity index (χ1) is 18.0. The predicted molar refractivity (Wildman–Crippen MR) is 142 cm³/mol. The molecule has 2 aliphatic heterocycles. The molecular weight excluding hydrogens is 490 g/mol. The maximum Gasteiger partial charge on any atom is 0.267 e. The lowest BCUT2D eigenvalue weighted by Gasteiger charge is -2.37. The highest BCUT2D eigenvalue weighted by molar-refractivity contribution is 7.07. The summed E-state index contributed by atoms with van der Waals surface area (Å²) in [7, 11) is 0. The molecule has 2 aliphatic rings. The first-order valence-corrected chi connectivity index (χ1v) is 13.1. The van der Waals surface area contributed by atoms with Gasteiger partial charge in [-0.3, -0.25) is 14.4 Å². The van der Waals surface area contributed by atoms with E-state index in [9.17, 15) is 14.4 Å². The number of hydrogen-bond acceptors (Lipinski definition) is 8. The van der Waals surface area contributed by atoms with Crippen LogP contribution in [-0.2, 0) is 0 Å². The predicted octanol–water partition coefficient (Wildman–Crippen LogP) is 2.11. The van der Waals surface area contributed by atoms with Gasteiger partial charge in [0, 0.05) is 63.5 Å². The number of aryl methyl sites for hydroxylation is 1. The number of carbonyl (C=O) groups is 3. The van der Waals surface area contributed by atoms with Gasteiger partial charge in [-0.1, -0.05) is 22.7 Å². The van der Waals surface area contributed by atoms with E-state index in [1.54, 1.807) is 25.1 Å². The van der Waals surface area contributed by atoms with Crippen molar-refractivity contribution in [2.45, 2.75) is 6.92 Å². The Morgan fingerprint density at radius 3 is 2.24 bits per heavy atom. The molecule has 2 saturated heterocycles. The van der Waals surface area contributed by atoms with Gasteiger partial charge >= 0.3 is 0 Å². The fourth-order valence-corrected chi connectivity index (χ4v) is 5.23. The van der Waals surface area contributed by atoms with Crippen LogP contribution in [0.4, 0.5) is 11.4 Å². The Morgan fingerprint density at radius 2 is 1.57 bits per heavy atom. The van der Waals surface area contributed by atoms with E-state index in [0.29, 0.717) is 66.7 Å². The minimum atomic E-state index is -0.240. The van der Waals surface area contributed by atoms with Gasteiger partial charge < -0.3 is 25.3 Å². The van der Waals surface area contributed by atoms with Crippen LogP contribution in [0.15, 0.2) is 48.5 Å². The number of aromatic nitrogens is 2. The van der Waals surface area contributed by atoms with E-state index in [1.807, 2.05) is 40.1 Å². The third-order valence-corrected chi connectivity index (χ3v) is 7.50. The fourth-order valence-electron chi connectivity index (χ4n) is 4.60. The fraction of sp³-hybridized carbons (Fsp3) is 0.346. The quantitative estimate of drug-likeness (QED) is 0.531. The van der Waals surface area contributed by atoms with Crippen molar-refractivity contribution >= 4 is 40.6 Å². The lowest BCUT2D eigenvalue weighted by atomic mass is 10.1. The summed E-state index contributed by atoms with van der Waals surface area (Å²) >= 11 is 1.12. The van der Waals surface area contributed by atoms with Crippen LogP contribution in [-0.4, -0.2) is 89.5 Å². The molecule has 11 heteroatoms. The Morgan fingerprint density at radius 1 is 0.865 bits per heavy atom. The van der Waals surface area contributed by atoms with Crippen molar-refractivity contribution in [3.63, 3.8) is 0 Å². The van der Waals surface area contributed by atoms with E-state index in [4.69, 9.17) is 0 Å². The van der Waals surface area contributed by atoms with Gasteiger partial charge in [-0.05, 0) is 48.8 Å². The number of carbonyl (C=O) groups excluding carboxylic acids is 3. The highest BCUT2D eigenvalue weighted by atomic mass is 32.1. The van der Waals surface area contributed by atoms with Crippen LogP contribution < -0.4 is 15.5 Å². The average molecular weight is 520 g/mol. The lowest BCUT2D eigenvalue weighted by Crippen LogP contribution is -2.49. The van der Waals surface area contributed by atoms with E-state index < -0.39 is 0 Å². The molecule has 2 aromatic carbocycles. The zero-order chi connectivity index (χ0) is 25.8. The molecule has 2 fully saturated rings. The molecule has 3 aromatic rings. The zero-order valence-electron chi connectivity index (χ0n) is 20.6. The monoisotopic (exact) mass is 519 g/mol. The summed E-state index contributed by atoms with van der Waals surface area (Å²) in [5.74, 6) is -0.343. The number of amides is 3. The number of nitrogens with one attached hydrogen (secondary N) is 2. The molecule has 0 radical (unpaired) electrons. The summed E-state index contributed by atoms with van der Waals surface area (Å²) in [6.07, 6.45) is 0. The van der Waals surface area contributed by atoms with Crippen LogP contribution in [0.1, 0.15) is 36.1 Å². The summed E-state index contributed by atoms with van der Waals surface area (Å²) in [4.78, 5) is 45.5. The van der Waals surface area contributed by atoms with Gasteiger partial charge in [-0.25, -0.2) is 0 Å². The van der Waals surface area contributed by atoms with Crippen molar-refractivity contribution in [1.82, 2.24) is 24.7 Å². The molecule has 0 saturated carbocycles. The van der Waals surface area contributed by atoms with E-state index in [2.05, 4.69) is 25.1 Å². The summed E-state index contributed by atoms with van der Waals surface area (Å²) in [6, 6.07) is 14.5. The highest BCUT2D eigenvalue weighted by Crippen LogP contribution is 2.30. The Kier molecular flexibility index (Phi) is 7.42. The second kappa shape index (κ2) is 11.1.